The Morgan fingerprint density at radius 1 is 1.12 bits per heavy atom. The summed E-state index contributed by atoms with van der Waals surface area (Å²) >= 11 is 0. The van der Waals surface area contributed by atoms with E-state index < -0.39 is 7.60 Å². The fourth-order valence-electron chi connectivity index (χ4n) is 2.55. The van der Waals surface area contributed by atoms with Gasteiger partial charge in [-0.2, -0.15) is 0 Å². The second-order valence-electron chi connectivity index (χ2n) is 5.63. The summed E-state index contributed by atoms with van der Waals surface area (Å²) in [5.74, 6) is -0.190. The molecular formula is C18H30NO4P. The van der Waals surface area contributed by atoms with Gasteiger partial charge >= 0.3 is 7.60 Å². The van der Waals surface area contributed by atoms with Crippen molar-refractivity contribution in [2.24, 2.45) is 0 Å². The summed E-state index contributed by atoms with van der Waals surface area (Å²) in [6.45, 7) is 8.72. The molecule has 5 nitrogen and oxygen atoms in total. The van der Waals surface area contributed by atoms with Gasteiger partial charge < -0.3 is 13.9 Å². The molecule has 0 aliphatic rings. The predicted octanol–water partition coefficient (Wildman–Crippen LogP) is 4.64. The van der Waals surface area contributed by atoms with Crippen molar-refractivity contribution in [1.82, 2.24) is 4.90 Å². The van der Waals surface area contributed by atoms with Crippen molar-refractivity contribution in [2.45, 2.75) is 46.6 Å². The first-order valence-electron chi connectivity index (χ1n) is 8.70. The molecule has 0 radical (unpaired) electrons. The molecule has 1 atom stereocenters. The van der Waals surface area contributed by atoms with Crippen molar-refractivity contribution in [3.05, 3.63) is 35.9 Å². The number of carbonyl (C=O) groups excluding carboxylic acids is 1. The lowest BCUT2D eigenvalue weighted by Gasteiger charge is -2.31. The summed E-state index contributed by atoms with van der Waals surface area (Å²) in [6.07, 6.45) is 1.67. The monoisotopic (exact) mass is 355 g/mol. The number of hydrogen-bond acceptors (Lipinski definition) is 4. The first-order valence-corrected chi connectivity index (χ1v) is 10.4. The lowest BCUT2D eigenvalue weighted by Crippen LogP contribution is -2.36. The molecule has 0 saturated carbocycles. The molecule has 0 aromatic heterocycles. The number of benzene rings is 1. The minimum absolute atomic E-state index is 0.0815. The van der Waals surface area contributed by atoms with Gasteiger partial charge in [-0.15, -0.1) is 0 Å². The molecule has 1 amide bonds. The van der Waals surface area contributed by atoms with Crippen molar-refractivity contribution >= 4 is 13.5 Å². The zero-order valence-corrected chi connectivity index (χ0v) is 16.1. The number of hydrogen-bond donors (Lipinski definition) is 0. The van der Waals surface area contributed by atoms with Crippen molar-refractivity contribution in [1.29, 1.82) is 0 Å². The van der Waals surface area contributed by atoms with Gasteiger partial charge in [0.15, 0.2) is 0 Å². The second kappa shape index (κ2) is 10.7. The molecule has 0 aliphatic carbocycles. The summed E-state index contributed by atoms with van der Waals surface area (Å²) in [7, 11) is -3.38. The molecule has 0 heterocycles. The zero-order valence-electron chi connectivity index (χ0n) is 15.2. The normalized spacial score (nSPS) is 12.8. The summed E-state index contributed by atoms with van der Waals surface area (Å²) in [4.78, 5) is 14.6. The molecule has 0 spiro atoms. The van der Waals surface area contributed by atoms with Crippen LogP contribution in [0.25, 0.3) is 0 Å². The SMILES string of the molecule is CCCCN(C(=O)CP(=O)(OCC)OCC)C(C)c1ccccc1. The highest BCUT2D eigenvalue weighted by atomic mass is 31.2. The zero-order chi connectivity index (χ0) is 18.0. The number of carbonyl (C=O) groups is 1. The number of amides is 1. The maximum absolute atomic E-state index is 12.8. The molecule has 1 rings (SSSR count). The van der Waals surface area contributed by atoms with Crippen LogP contribution >= 0.6 is 7.60 Å². The Hall–Kier alpha value is -1.16. The van der Waals surface area contributed by atoms with E-state index >= 15 is 0 Å². The average Bonchev–Trinajstić information content (AvgIpc) is 2.56. The average molecular weight is 355 g/mol. The molecule has 0 bridgehead atoms. The minimum Gasteiger partial charge on any atom is -0.335 e. The molecule has 0 saturated heterocycles. The van der Waals surface area contributed by atoms with Crippen molar-refractivity contribution in [2.75, 3.05) is 25.9 Å². The third-order valence-corrected chi connectivity index (χ3v) is 5.76. The largest absolute Gasteiger partial charge is 0.340 e. The second-order valence-corrected chi connectivity index (χ2v) is 7.69. The van der Waals surface area contributed by atoms with E-state index in [1.54, 1.807) is 18.7 Å². The standard InChI is InChI=1S/C18H30NO4P/c1-5-8-14-19(16(4)17-12-10-9-11-13-17)18(20)15-24(21,22-6-2)23-7-3/h9-13,16H,5-8,14-15H2,1-4H3. The molecule has 136 valence electrons. The summed E-state index contributed by atoms with van der Waals surface area (Å²) < 4.78 is 23.2. The van der Waals surface area contributed by atoms with Gasteiger partial charge in [0, 0.05) is 6.54 Å². The van der Waals surface area contributed by atoms with E-state index in [0.717, 1.165) is 18.4 Å². The maximum atomic E-state index is 12.8. The Morgan fingerprint density at radius 3 is 2.21 bits per heavy atom. The molecule has 0 N–H and O–H groups in total. The van der Waals surface area contributed by atoms with Crippen molar-refractivity contribution in [3.63, 3.8) is 0 Å². The Kier molecular flexibility index (Phi) is 9.27. The van der Waals surface area contributed by atoms with Crippen molar-refractivity contribution < 1.29 is 18.4 Å². The summed E-state index contributed by atoms with van der Waals surface area (Å²) in [6, 6.07) is 9.79. The van der Waals surface area contributed by atoms with E-state index in [9.17, 15) is 9.36 Å². The quantitative estimate of drug-likeness (QED) is 0.543. The molecule has 0 fully saturated rings. The van der Waals surface area contributed by atoms with Gasteiger partial charge in [-0.3, -0.25) is 9.36 Å². The highest BCUT2D eigenvalue weighted by Gasteiger charge is 2.32. The minimum atomic E-state index is -3.38. The predicted molar refractivity (Wildman–Crippen MR) is 97.2 cm³/mol. The first-order chi connectivity index (χ1) is 11.5. The lowest BCUT2D eigenvalue weighted by molar-refractivity contribution is -0.131. The van der Waals surface area contributed by atoms with Crippen LogP contribution in [-0.2, 0) is 18.4 Å². The molecule has 6 heteroatoms. The van der Waals surface area contributed by atoms with E-state index in [2.05, 4.69) is 6.92 Å². The van der Waals surface area contributed by atoms with Crippen LogP contribution in [0.15, 0.2) is 30.3 Å². The van der Waals surface area contributed by atoms with E-state index in [-0.39, 0.29) is 31.3 Å². The van der Waals surface area contributed by atoms with Crippen LogP contribution in [0.4, 0.5) is 0 Å². The van der Waals surface area contributed by atoms with Gasteiger partial charge in [0.1, 0.15) is 6.16 Å². The van der Waals surface area contributed by atoms with E-state index in [1.165, 1.54) is 0 Å². The molecule has 1 unspecified atom stereocenters. The van der Waals surface area contributed by atoms with Gasteiger partial charge in [-0.1, -0.05) is 43.7 Å². The Labute approximate surface area is 145 Å². The Bertz CT molecular complexity index is 525. The lowest BCUT2D eigenvalue weighted by atomic mass is 10.1. The van der Waals surface area contributed by atoms with Gasteiger partial charge in [0.25, 0.3) is 0 Å². The van der Waals surface area contributed by atoms with Gasteiger partial charge in [0.2, 0.25) is 5.91 Å². The van der Waals surface area contributed by atoms with Crippen LogP contribution in [0.5, 0.6) is 0 Å². The smallest absolute Gasteiger partial charge is 0.335 e. The molecule has 24 heavy (non-hydrogen) atoms. The van der Waals surface area contributed by atoms with Crippen LogP contribution in [-0.4, -0.2) is 36.7 Å². The third kappa shape index (κ3) is 6.39. The van der Waals surface area contributed by atoms with E-state index in [0.29, 0.717) is 6.54 Å². The van der Waals surface area contributed by atoms with E-state index in [4.69, 9.17) is 9.05 Å². The highest BCUT2D eigenvalue weighted by Crippen LogP contribution is 2.48. The van der Waals surface area contributed by atoms with Gasteiger partial charge in [0.05, 0.1) is 19.3 Å². The highest BCUT2D eigenvalue weighted by molar-refractivity contribution is 7.54. The number of unbranched alkanes of at least 4 members (excludes halogenated alkanes) is 1. The van der Waals surface area contributed by atoms with Crippen LogP contribution in [0.2, 0.25) is 0 Å². The number of nitrogens with zero attached hydrogens (tertiary/aromatic N) is 1. The number of rotatable bonds is 11. The van der Waals surface area contributed by atoms with Crippen LogP contribution in [0, 0.1) is 0 Å². The summed E-state index contributed by atoms with van der Waals surface area (Å²) in [5, 5.41) is 0. The Morgan fingerprint density at radius 2 is 1.71 bits per heavy atom. The maximum Gasteiger partial charge on any atom is 0.340 e. The van der Waals surface area contributed by atoms with Crippen LogP contribution in [0.1, 0.15) is 52.1 Å². The topological polar surface area (TPSA) is 55.8 Å². The van der Waals surface area contributed by atoms with Gasteiger partial charge in [-0.05, 0) is 32.8 Å². The molecular weight excluding hydrogens is 325 g/mol. The van der Waals surface area contributed by atoms with Gasteiger partial charge in [-0.25, -0.2) is 0 Å². The molecule has 0 aliphatic heterocycles. The molecule has 1 aromatic rings. The fraction of sp³-hybridized carbons (Fsp3) is 0.611. The fourth-order valence-corrected chi connectivity index (χ4v) is 4.11. The summed E-state index contributed by atoms with van der Waals surface area (Å²) in [5.41, 5.74) is 1.06. The Balaban J connectivity index is 2.93. The van der Waals surface area contributed by atoms with Crippen LogP contribution in [0.3, 0.4) is 0 Å². The van der Waals surface area contributed by atoms with Crippen LogP contribution < -0.4 is 0 Å². The third-order valence-electron chi connectivity index (χ3n) is 3.80. The van der Waals surface area contributed by atoms with E-state index in [1.807, 2.05) is 37.3 Å². The van der Waals surface area contributed by atoms with Crippen molar-refractivity contribution in [3.8, 4) is 0 Å². The first kappa shape index (κ1) is 20.9. The molecule has 1 aromatic carbocycles.